The van der Waals surface area contributed by atoms with E-state index in [2.05, 4.69) is 43.4 Å². The summed E-state index contributed by atoms with van der Waals surface area (Å²) >= 11 is 0. The summed E-state index contributed by atoms with van der Waals surface area (Å²) in [6.07, 6.45) is 4.44. The predicted octanol–water partition coefficient (Wildman–Crippen LogP) is 3.16. The van der Waals surface area contributed by atoms with E-state index in [9.17, 15) is 4.79 Å². The third-order valence-corrected chi connectivity index (χ3v) is 5.45. The predicted molar refractivity (Wildman–Crippen MR) is 89.7 cm³/mol. The Morgan fingerprint density at radius 2 is 2.00 bits per heavy atom. The number of hydrogen-bond donors (Lipinski definition) is 2. The Bertz CT molecular complexity index is 523. The monoisotopic (exact) mass is 300 g/mol. The van der Waals surface area contributed by atoms with Crippen molar-refractivity contribution in [2.45, 2.75) is 57.4 Å². The number of nitrogens with one attached hydrogen (secondary N) is 1. The van der Waals surface area contributed by atoms with Crippen molar-refractivity contribution in [3.8, 4) is 0 Å². The molecule has 2 aliphatic carbocycles. The highest BCUT2D eigenvalue weighted by atomic mass is 16.2. The average Bonchev–Trinajstić information content (AvgIpc) is 3.20. The van der Waals surface area contributed by atoms with Gasteiger partial charge in [0.05, 0.1) is 0 Å². The van der Waals surface area contributed by atoms with E-state index in [4.69, 9.17) is 5.73 Å². The van der Waals surface area contributed by atoms with Crippen molar-refractivity contribution in [2.75, 3.05) is 6.54 Å². The molecule has 3 N–H and O–H groups in total. The smallest absolute Gasteiger partial charge is 0.223 e. The third kappa shape index (κ3) is 3.19. The summed E-state index contributed by atoms with van der Waals surface area (Å²) < 4.78 is 0. The van der Waals surface area contributed by atoms with Gasteiger partial charge in [0.2, 0.25) is 5.91 Å². The van der Waals surface area contributed by atoms with Gasteiger partial charge >= 0.3 is 0 Å². The summed E-state index contributed by atoms with van der Waals surface area (Å²) in [5.41, 5.74) is 8.47. The first kappa shape index (κ1) is 15.5. The summed E-state index contributed by atoms with van der Waals surface area (Å²) in [7, 11) is 0. The van der Waals surface area contributed by atoms with Crippen molar-refractivity contribution in [1.29, 1.82) is 0 Å². The summed E-state index contributed by atoms with van der Waals surface area (Å²) in [5, 5.41) is 3.25. The molecular weight excluding hydrogens is 272 g/mol. The molecule has 0 spiro atoms. The fourth-order valence-corrected chi connectivity index (χ4v) is 3.78. The van der Waals surface area contributed by atoms with Gasteiger partial charge in [0.15, 0.2) is 0 Å². The van der Waals surface area contributed by atoms with Crippen LogP contribution in [0.2, 0.25) is 0 Å². The molecule has 4 unspecified atom stereocenters. The summed E-state index contributed by atoms with van der Waals surface area (Å²) in [4.78, 5) is 12.4. The van der Waals surface area contributed by atoms with Gasteiger partial charge in [-0.15, -0.1) is 0 Å². The maximum atomic E-state index is 12.4. The van der Waals surface area contributed by atoms with Gasteiger partial charge in [-0.3, -0.25) is 4.79 Å². The van der Waals surface area contributed by atoms with Gasteiger partial charge < -0.3 is 11.1 Å². The van der Waals surface area contributed by atoms with Gasteiger partial charge in [0, 0.05) is 12.0 Å². The van der Waals surface area contributed by atoms with Crippen LogP contribution >= 0.6 is 0 Å². The van der Waals surface area contributed by atoms with Gasteiger partial charge in [0.25, 0.3) is 0 Å². The lowest BCUT2D eigenvalue weighted by atomic mass is 9.99. The molecule has 0 bridgehead atoms. The molecule has 2 saturated carbocycles. The van der Waals surface area contributed by atoms with Gasteiger partial charge in [0.1, 0.15) is 0 Å². The van der Waals surface area contributed by atoms with Gasteiger partial charge in [-0.05, 0) is 54.7 Å². The van der Waals surface area contributed by atoms with Crippen LogP contribution in [0.5, 0.6) is 0 Å². The largest absolute Gasteiger partial charge is 0.353 e. The second kappa shape index (κ2) is 6.41. The minimum absolute atomic E-state index is 0.170. The molecule has 1 aromatic rings. The van der Waals surface area contributed by atoms with Crippen molar-refractivity contribution in [1.82, 2.24) is 5.32 Å². The Morgan fingerprint density at radius 1 is 1.27 bits per heavy atom. The number of amides is 1. The van der Waals surface area contributed by atoms with Gasteiger partial charge in [-0.2, -0.15) is 0 Å². The van der Waals surface area contributed by atoms with E-state index in [1.54, 1.807) is 0 Å². The molecule has 0 heterocycles. The fraction of sp³-hybridized carbons (Fsp3) is 0.632. The number of benzene rings is 1. The maximum absolute atomic E-state index is 12.4. The number of hydrogen-bond acceptors (Lipinski definition) is 2. The first-order valence-corrected chi connectivity index (χ1v) is 8.70. The van der Waals surface area contributed by atoms with Crippen LogP contribution in [0.15, 0.2) is 24.3 Å². The molecule has 3 nitrogen and oxygen atoms in total. The van der Waals surface area contributed by atoms with E-state index < -0.39 is 0 Å². The Labute approximate surface area is 133 Å². The molecule has 3 heteroatoms. The summed E-state index contributed by atoms with van der Waals surface area (Å²) in [5.74, 6) is 1.86. The number of nitrogens with two attached hydrogens (primary N) is 1. The Hall–Kier alpha value is -1.35. The lowest BCUT2D eigenvalue weighted by Gasteiger charge is -2.19. The molecule has 120 valence electrons. The highest BCUT2D eigenvalue weighted by molar-refractivity contribution is 5.83. The lowest BCUT2D eigenvalue weighted by Crippen LogP contribution is -2.40. The summed E-state index contributed by atoms with van der Waals surface area (Å²) in [6.45, 7) is 5.10. The molecule has 0 aliphatic heterocycles. The van der Waals surface area contributed by atoms with Crippen molar-refractivity contribution in [3.05, 3.63) is 35.4 Å². The van der Waals surface area contributed by atoms with E-state index in [-0.39, 0.29) is 11.8 Å². The zero-order valence-corrected chi connectivity index (χ0v) is 13.7. The topological polar surface area (TPSA) is 55.1 Å². The van der Waals surface area contributed by atoms with Crippen molar-refractivity contribution in [2.24, 2.45) is 17.6 Å². The molecule has 0 aromatic heterocycles. The first-order chi connectivity index (χ1) is 10.6. The molecular formula is C19H28N2O. The highest BCUT2D eigenvalue weighted by Gasteiger charge is 2.45. The van der Waals surface area contributed by atoms with E-state index >= 15 is 0 Å². The number of carbonyl (C=O) groups excluding carboxylic acids is 1. The molecule has 22 heavy (non-hydrogen) atoms. The Morgan fingerprint density at radius 3 is 2.64 bits per heavy atom. The molecule has 3 rings (SSSR count). The standard InChI is InChI=1S/C19H28N2O/c1-12(2)13-6-8-14(9-7-13)16-10-17(16)19(22)21-18-5-3-4-15(18)11-20/h6-9,12,15-18H,3-5,10-11,20H2,1-2H3,(H,21,22). The first-order valence-electron chi connectivity index (χ1n) is 8.70. The normalized spacial score (nSPS) is 30.5. The van der Waals surface area contributed by atoms with E-state index in [1.807, 2.05) is 0 Å². The van der Waals surface area contributed by atoms with Crippen molar-refractivity contribution in [3.63, 3.8) is 0 Å². The van der Waals surface area contributed by atoms with E-state index in [0.717, 1.165) is 19.3 Å². The molecule has 0 saturated heterocycles. The number of carbonyl (C=O) groups is 1. The molecule has 2 aliphatic rings. The van der Waals surface area contributed by atoms with Crippen LogP contribution in [0, 0.1) is 11.8 Å². The molecule has 0 radical (unpaired) electrons. The Balaban J connectivity index is 1.56. The second-order valence-corrected chi connectivity index (χ2v) is 7.31. The zero-order chi connectivity index (χ0) is 15.7. The second-order valence-electron chi connectivity index (χ2n) is 7.31. The van der Waals surface area contributed by atoms with Crippen molar-refractivity contribution >= 4 is 5.91 Å². The van der Waals surface area contributed by atoms with E-state index in [0.29, 0.717) is 30.3 Å². The SMILES string of the molecule is CC(C)c1ccc(C2CC2C(=O)NC2CCCC2CN)cc1. The van der Waals surface area contributed by atoms with Crippen LogP contribution in [0.1, 0.15) is 62.5 Å². The van der Waals surface area contributed by atoms with Gasteiger partial charge in [-0.25, -0.2) is 0 Å². The zero-order valence-electron chi connectivity index (χ0n) is 13.7. The minimum atomic E-state index is 0.170. The average molecular weight is 300 g/mol. The maximum Gasteiger partial charge on any atom is 0.223 e. The molecule has 4 atom stereocenters. The summed E-state index contributed by atoms with van der Waals surface area (Å²) in [6, 6.07) is 9.11. The van der Waals surface area contributed by atoms with Crippen LogP contribution in [-0.2, 0) is 4.79 Å². The van der Waals surface area contributed by atoms with E-state index in [1.165, 1.54) is 17.5 Å². The fourth-order valence-electron chi connectivity index (χ4n) is 3.78. The van der Waals surface area contributed by atoms with Crippen LogP contribution in [0.3, 0.4) is 0 Å². The van der Waals surface area contributed by atoms with Crippen LogP contribution < -0.4 is 11.1 Å². The third-order valence-electron chi connectivity index (χ3n) is 5.45. The molecule has 1 amide bonds. The minimum Gasteiger partial charge on any atom is -0.353 e. The quantitative estimate of drug-likeness (QED) is 0.877. The Kier molecular flexibility index (Phi) is 4.53. The van der Waals surface area contributed by atoms with Gasteiger partial charge in [-0.1, -0.05) is 44.5 Å². The van der Waals surface area contributed by atoms with Crippen LogP contribution in [0.4, 0.5) is 0 Å². The van der Waals surface area contributed by atoms with Crippen LogP contribution in [-0.4, -0.2) is 18.5 Å². The highest BCUT2D eigenvalue weighted by Crippen LogP contribution is 2.48. The van der Waals surface area contributed by atoms with Crippen LogP contribution in [0.25, 0.3) is 0 Å². The number of rotatable bonds is 5. The lowest BCUT2D eigenvalue weighted by molar-refractivity contribution is -0.123. The molecule has 2 fully saturated rings. The molecule has 1 aromatic carbocycles. The van der Waals surface area contributed by atoms with Crippen molar-refractivity contribution < 1.29 is 4.79 Å².